The number of allylic oxidation sites excluding steroid dienone is 2. The van der Waals surface area contributed by atoms with E-state index in [0.29, 0.717) is 37.1 Å². The largest absolute Gasteiger partial charge is 0.432 e. The highest BCUT2D eigenvalue weighted by Crippen LogP contribution is 2.75. The van der Waals surface area contributed by atoms with Gasteiger partial charge in [0.2, 0.25) is 6.29 Å². The maximum Gasteiger partial charge on any atom is 0.315 e. The van der Waals surface area contributed by atoms with Gasteiger partial charge in [-0.2, -0.15) is 0 Å². The first-order chi connectivity index (χ1) is 41.4. The molecule has 25 atom stereocenters. The van der Waals surface area contributed by atoms with E-state index in [9.17, 15) is 5.53 Å². The Hall–Kier alpha value is -4.22. The first-order valence-electron chi connectivity index (χ1n) is 32.9. The lowest BCUT2D eigenvalue weighted by atomic mass is 9.34. The number of hydrogen-bond acceptors (Lipinski definition) is 13. The van der Waals surface area contributed by atoms with Crippen LogP contribution in [0, 0.1) is 69.0 Å². The monoisotopic (exact) mass is 1180 g/mol. The molecule has 3 aromatic carbocycles. The van der Waals surface area contributed by atoms with Crippen LogP contribution < -0.4 is 0 Å². The van der Waals surface area contributed by atoms with Gasteiger partial charge in [-0.05, 0) is 158 Å². The lowest BCUT2D eigenvalue weighted by Crippen LogP contribution is -2.64. The second-order valence-corrected chi connectivity index (χ2v) is 28.7. The van der Waals surface area contributed by atoms with Gasteiger partial charge in [-0.1, -0.05) is 163 Å². The molecule has 9 aliphatic rings. The van der Waals surface area contributed by atoms with Gasteiger partial charge in [-0.15, -0.1) is 0 Å². The van der Waals surface area contributed by atoms with E-state index >= 15 is 4.79 Å². The average molecular weight is 1180 g/mol. The van der Waals surface area contributed by atoms with Crippen LogP contribution in [0.4, 0.5) is 0 Å². The van der Waals surface area contributed by atoms with E-state index in [-0.39, 0.29) is 54.1 Å². The number of ether oxygens (including phenoxy) is 11. The van der Waals surface area contributed by atoms with Crippen molar-refractivity contribution in [1.29, 1.82) is 0 Å². The third kappa shape index (κ3) is 11.6. The molecule has 4 heterocycles. The molecule has 86 heavy (non-hydrogen) atoms. The topological polar surface area (TPSA) is 167 Å². The van der Waals surface area contributed by atoms with Crippen molar-refractivity contribution in [3.8, 4) is 0 Å². The molecule has 4 saturated heterocycles. The van der Waals surface area contributed by atoms with E-state index in [1.54, 1.807) is 0 Å². The molecule has 0 aromatic heterocycles. The first-order valence-corrected chi connectivity index (χ1v) is 32.9. The molecule has 15 heteroatoms. The maximum absolute atomic E-state index is 16.0. The molecule has 468 valence electrons. The Morgan fingerprint density at radius 3 is 2.02 bits per heavy atom. The molecular weight excluding hydrogens is 1090 g/mol. The van der Waals surface area contributed by atoms with Gasteiger partial charge in [0.1, 0.15) is 30.5 Å². The first kappa shape index (κ1) is 62.0. The Labute approximate surface area is 511 Å². The summed E-state index contributed by atoms with van der Waals surface area (Å²) >= 11 is 0. The highest BCUT2D eigenvalue weighted by Gasteiger charge is 2.68. The predicted molar refractivity (Wildman–Crippen MR) is 324 cm³/mol. The second-order valence-electron chi connectivity index (χ2n) is 28.7. The summed E-state index contributed by atoms with van der Waals surface area (Å²) in [6, 6.07) is 29.4. The lowest BCUT2D eigenvalue weighted by molar-refractivity contribution is -0.353. The molecule has 0 spiro atoms. The summed E-state index contributed by atoms with van der Waals surface area (Å²) in [5, 5.41) is 4.37. The van der Waals surface area contributed by atoms with Crippen molar-refractivity contribution in [3.63, 3.8) is 0 Å². The Balaban J connectivity index is 0.804. The van der Waals surface area contributed by atoms with Crippen LogP contribution in [0.25, 0.3) is 10.4 Å². The minimum absolute atomic E-state index is 0.0347. The predicted octanol–water partition coefficient (Wildman–Crippen LogP) is 14.3. The summed E-state index contributed by atoms with van der Waals surface area (Å²) < 4.78 is 74.6. The van der Waals surface area contributed by atoms with E-state index in [1.807, 2.05) is 87.5 Å². The molecule has 0 amide bonds. The van der Waals surface area contributed by atoms with Crippen LogP contribution in [0.3, 0.4) is 0 Å². The summed E-state index contributed by atoms with van der Waals surface area (Å²) in [7, 11) is 0. The Morgan fingerprint density at radius 1 is 0.663 bits per heavy atom. The minimum atomic E-state index is -1.21. The number of azide groups is 1. The van der Waals surface area contributed by atoms with Crippen LogP contribution in [-0.2, 0) is 76.7 Å². The molecule has 15 nitrogen and oxygen atoms in total. The zero-order valence-electron chi connectivity index (χ0n) is 52.7. The summed E-state index contributed by atoms with van der Waals surface area (Å²) in [5.41, 5.74) is 14.4. The van der Waals surface area contributed by atoms with E-state index in [0.717, 1.165) is 73.0 Å². The Morgan fingerprint density at radius 2 is 1.33 bits per heavy atom. The fraction of sp³-hybridized carbons (Fsp3) is 0.704. The van der Waals surface area contributed by atoms with Gasteiger partial charge in [0, 0.05) is 10.8 Å². The number of benzene rings is 3. The SMILES string of the molecule is CC1C(OCc2ccccc2)[C@H](OCc2ccccc2)CO[C@H]1O[C@H]1C(C)O[C@@H](OC2C(C)[C@@H](N=[N+]=[N-])C(COCc3ccccc3)O[C@H]2OC(=O)[C@]23CC[C@@H](C)CC2C2=CCC4C5(C)CC[C@H](C)C(C)[C@@H]5CC[C@]4(C)[C@]2(C)CC3)C2O[C@H](C)OC21. The van der Waals surface area contributed by atoms with Crippen LogP contribution in [-0.4, -0.2) is 99.2 Å². The van der Waals surface area contributed by atoms with Gasteiger partial charge < -0.3 is 52.1 Å². The van der Waals surface area contributed by atoms with Crippen molar-refractivity contribution < 1.29 is 56.9 Å². The van der Waals surface area contributed by atoms with E-state index in [1.165, 1.54) is 31.3 Å². The van der Waals surface area contributed by atoms with Crippen molar-refractivity contribution in [2.75, 3.05) is 13.2 Å². The van der Waals surface area contributed by atoms with Crippen molar-refractivity contribution in [2.24, 2.45) is 74.1 Å². The number of carbonyl (C=O) groups excluding carboxylic acids is 1. The zero-order valence-corrected chi connectivity index (χ0v) is 52.7. The zero-order chi connectivity index (χ0) is 60.1. The third-order valence-corrected chi connectivity index (χ3v) is 23.9. The fourth-order valence-corrected chi connectivity index (χ4v) is 18.5. The standard InChI is InChI=1S/C71H97N3O12/c1-42-28-33-71(35-34-69(9)53(54(71)36-42)26-27-57-68(8)31-29-43(2)44(3)52(68)30-32-70(57,69)10)67(75)86-65-60(45(4)58(73-74-72)55(83-65)40-76-37-49-20-14-11-15-21-49)84-66-63-62(81-48(7)82-63)61(47(6)80-66)85-64-46(5)59(78-39-51-24-18-13-19-25-51)56(41-79-64)77-38-50-22-16-12-17-23-50/h11-26,42-48,52,54-66H,27-41H2,1-10H3/t42-,43+,44?,45?,46?,47?,48-,52+,54?,55?,56-,57?,58-,59?,60?,61+,62?,63?,64+,65+,66+,68?,69-,70+,71+/m1/s1. The third-order valence-electron chi connectivity index (χ3n) is 23.9. The van der Waals surface area contributed by atoms with E-state index in [4.69, 9.17) is 52.1 Å². The maximum atomic E-state index is 16.0. The number of esters is 1. The van der Waals surface area contributed by atoms with Gasteiger partial charge in [0.25, 0.3) is 0 Å². The molecule has 3 aromatic rings. The molecule has 0 radical (unpaired) electrons. The quantitative estimate of drug-likeness (QED) is 0.0413. The fourth-order valence-electron chi connectivity index (χ4n) is 18.5. The Kier molecular flexibility index (Phi) is 18.4. The summed E-state index contributed by atoms with van der Waals surface area (Å²) in [6.45, 7) is 24.5. The number of fused-ring (bicyclic) bond motifs is 8. The van der Waals surface area contributed by atoms with Gasteiger partial charge >= 0.3 is 5.97 Å². The van der Waals surface area contributed by atoms with Crippen LogP contribution in [0.15, 0.2) is 108 Å². The number of nitrogens with zero attached hydrogens (tertiary/aromatic N) is 3. The van der Waals surface area contributed by atoms with Gasteiger partial charge in [0.15, 0.2) is 18.9 Å². The number of rotatable bonds is 17. The molecule has 5 aliphatic carbocycles. The normalized spacial score (nSPS) is 44.5. The van der Waals surface area contributed by atoms with Gasteiger partial charge in [-0.3, -0.25) is 4.79 Å². The van der Waals surface area contributed by atoms with Gasteiger partial charge in [-0.25, -0.2) is 0 Å². The van der Waals surface area contributed by atoms with Gasteiger partial charge in [0.05, 0.1) is 62.8 Å². The minimum Gasteiger partial charge on any atom is -0.432 e. The molecule has 0 bridgehead atoms. The van der Waals surface area contributed by atoms with Crippen LogP contribution in [0.5, 0.6) is 0 Å². The highest BCUT2D eigenvalue weighted by molar-refractivity contribution is 5.79. The molecule has 12 rings (SSSR count). The van der Waals surface area contributed by atoms with Crippen molar-refractivity contribution in [2.45, 2.75) is 233 Å². The van der Waals surface area contributed by atoms with Crippen LogP contribution in [0.2, 0.25) is 0 Å². The molecule has 12 unspecified atom stereocenters. The molecular formula is C71H97N3O12. The summed E-state index contributed by atoms with van der Waals surface area (Å²) in [4.78, 5) is 19.4. The van der Waals surface area contributed by atoms with E-state index in [2.05, 4.69) is 88.8 Å². The average Bonchev–Trinajstić information content (AvgIpc) is 0.777. The second kappa shape index (κ2) is 25.6. The van der Waals surface area contributed by atoms with E-state index < -0.39 is 79.2 Å². The van der Waals surface area contributed by atoms with Crippen LogP contribution >= 0.6 is 0 Å². The van der Waals surface area contributed by atoms with Crippen molar-refractivity contribution in [1.82, 2.24) is 0 Å². The summed E-state index contributed by atoms with van der Waals surface area (Å²) in [6.07, 6.45) is 4.41. The summed E-state index contributed by atoms with van der Waals surface area (Å²) in [5.74, 6) is 2.28. The number of carbonyl (C=O) groups is 1. The highest BCUT2D eigenvalue weighted by atomic mass is 16.8. The van der Waals surface area contributed by atoms with Crippen LogP contribution in [0.1, 0.15) is 150 Å². The molecule has 8 fully saturated rings. The number of hydrogen-bond donors (Lipinski definition) is 0. The van der Waals surface area contributed by atoms with Crippen molar-refractivity contribution in [3.05, 3.63) is 130 Å². The lowest BCUT2D eigenvalue weighted by Gasteiger charge is -2.70. The van der Waals surface area contributed by atoms with Crippen molar-refractivity contribution >= 4 is 5.97 Å². The smallest absolute Gasteiger partial charge is 0.315 e. The molecule has 4 saturated carbocycles. The molecule has 0 N–H and O–H groups in total. The molecule has 4 aliphatic heterocycles. The Bertz CT molecular complexity index is 2860.